The fourth-order valence-electron chi connectivity index (χ4n) is 1.46. The number of benzene rings is 1. The first-order chi connectivity index (χ1) is 8.51. The summed E-state index contributed by atoms with van der Waals surface area (Å²) in [6, 6.07) is 4.71. The maximum absolute atomic E-state index is 11.9. The van der Waals surface area contributed by atoms with Crippen LogP contribution in [0.2, 0.25) is 0 Å². The Kier molecular flexibility index (Phi) is 5.54. The molecule has 7 heteroatoms. The van der Waals surface area contributed by atoms with Gasteiger partial charge in [-0.2, -0.15) is 0 Å². The fourth-order valence-corrected chi connectivity index (χ4v) is 2.62. The Labute approximate surface area is 107 Å². The molecule has 0 amide bonds. The highest BCUT2D eigenvalue weighted by Gasteiger charge is 2.14. The molecule has 0 atom stereocenters. The van der Waals surface area contributed by atoms with Crippen molar-refractivity contribution in [2.75, 3.05) is 20.3 Å². The lowest BCUT2D eigenvalue weighted by atomic mass is 10.2. The first kappa shape index (κ1) is 14.9. The zero-order valence-corrected chi connectivity index (χ0v) is 11.3. The fraction of sp³-hybridized carbons (Fsp3) is 0.455. The van der Waals surface area contributed by atoms with Gasteiger partial charge >= 0.3 is 0 Å². The molecule has 18 heavy (non-hydrogen) atoms. The molecule has 102 valence electrons. The SMILES string of the molecule is COc1ccc(S(=O)(=O)NCCCON)cc1C. The molecular formula is C11H18N2O4S. The molecule has 0 saturated heterocycles. The van der Waals surface area contributed by atoms with Crippen molar-refractivity contribution in [1.29, 1.82) is 0 Å². The van der Waals surface area contributed by atoms with Crippen LogP contribution in [0.5, 0.6) is 5.75 Å². The van der Waals surface area contributed by atoms with Gasteiger partial charge in [0.25, 0.3) is 0 Å². The zero-order valence-electron chi connectivity index (χ0n) is 10.5. The van der Waals surface area contributed by atoms with Gasteiger partial charge < -0.3 is 9.57 Å². The molecule has 1 aromatic rings. The Balaban J connectivity index is 2.76. The molecule has 0 radical (unpaired) electrons. The summed E-state index contributed by atoms with van der Waals surface area (Å²) < 4.78 is 31.4. The van der Waals surface area contributed by atoms with E-state index in [1.165, 1.54) is 6.07 Å². The van der Waals surface area contributed by atoms with Crippen LogP contribution >= 0.6 is 0 Å². The lowest BCUT2D eigenvalue weighted by molar-refractivity contribution is 0.136. The highest BCUT2D eigenvalue weighted by atomic mass is 32.2. The molecule has 0 aliphatic carbocycles. The minimum Gasteiger partial charge on any atom is -0.496 e. The van der Waals surface area contributed by atoms with Crippen LogP contribution in [0.4, 0.5) is 0 Å². The lowest BCUT2D eigenvalue weighted by Gasteiger charge is -2.09. The van der Waals surface area contributed by atoms with Crippen LogP contribution in [-0.4, -0.2) is 28.7 Å². The van der Waals surface area contributed by atoms with Gasteiger partial charge in [-0.15, -0.1) is 0 Å². The van der Waals surface area contributed by atoms with Gasteiger partial charge in [-0.3, -0.25) is 0 Å². The predicted molar refractivity (Wildman–Crippen MR) is 67.7 cm³/mol. The van der Waals surface area contributed by atoms with Crippen molar-refractivity contribution in [1.82, 2.24) is 4.72 Å². The zero-order chi connectivity index (χ0) is 13.6. The van der Waals surface area contributed by atoms with E-state index < -0.39 is 10.0 Å². The van der Waals surface area contributed by atoms with Crippen LogP contribution in [0, 0.1) is 6.92 Å². The second-order valence-electron chi connectivity index (χ2n) is 3.75. The van der Waals surface area contributed by atoms with E-state index in [1.54, 1.807) is 26.2 Å². The lowest BCUT2D eigenvalue weighted by Crippen LogP contribution is -2.26. The third kappa shape index (κ3) is 3.95. The first-order valence-electron chi connectivity index (χ1n) is 5.47. The molecule has 0 spiro atoms. The largest absolute Gasteiger partial charge is 0.496 e. The third-order valence-electron chi connectivity index (χ3n) is 2.41. The van der Waals surface area contributed by atoms with Crippen molar-refractivity contribution >= 4 is 10.0 Å². The topological polar surface area (TPSA) is 90.7 Å². The van der Waals surface area contributed by atoms with E-state index in [2.05, 4.69) is 9.56 Å². The van der Waals surface area contributed by atoms with E-state index in [9.17, 15) is 8.42 Å². The summed E-state index contributed by atoms with van der Waals surface area (Å²) in [5.74, 6) is 5.51. The summed E-state index contributed by atoms with van der Waals surface area (Å²) in [5.41, 5.74) is 0.769. The molecule has 0 aliphatic rings. The molecule has 0 fully saturated rings. The van der Waals surface area contributed by atoms with Gasteiger partial charge in [0.2, 0.25) is 10.0 Å². The number of ether oxygens (including phenoxy) is 1. The number of nitrogens with one attached hydrogen (secondary N) is 1. The normalized spacial score (nSPS) is 11.5. The summed E-state index contributed by atoms with van der Waals surface area (Å²) in [7, 11) is -1.95. The molecule has 1 rings (SSSR count). The van der Waals surface area contributed by atoms with Crippen molar-refractivity contribution < 1.29 is 18.0 Å². The molecule has 0 aliphatic heterocycles. The predicted octanol–water partition coefficient (Wildman–Crippen LogP) is 0.562. The maximum Gasteiger partial charge on any atom is 0.240 e. The number of sulfonamides is 1. The Bertz CT molecular complexity index is 488. The number of nitrogens with two attached hydrogens (primary N) is 1. The summed E-state index contributed by atoms with van der Waals surface area (Å²) in [4.78, 5) is 4.58. The molecule has 0 bridgehead atoms. The smallest absolute Gasteiger partial charge is 0.240 e. The summed E-state index contributed by atoms with van der Waals surface area (Å²) >= 11 is 0. The number of hydrogen-bond acceptors (Lipinski definition) is 5. The highest BCUT2D eigenvalue weighted by molar-refractivity contribution is 7.89. The van der Waals surface area contributed by atoms with Crippen LogP contribution in [0.15, 0.2) is 23.1 Å². The van der Waals surface area contributed by atoms with Crippen molar-refractivity contribution in [2.45, 2.75) is 18.2 Å². The van der Waals surface area contributed by atoms with E-state index >= 15 is 0 Å². The summed E-state index contributed by atoms with van der Waals surface area (Å²) in [5, 5.41) is 0. The minimum absolute atomic E-state index is 0.217. The molecule has 0 heterocycles. The minimum atomic E-state index is -3.49. The second-order valence-corrected chi connectivity index (χ2v) is 5.52. The standard InChI is InChI=1S/C11H18N2O4S/c1-9-8-10(4-5-11(9)16-2)18(14,15)13-6-3-7-17-12/h4-5,8,13H,3,6-7,12H2,1-2H3. The highest BCUT2D eigenvalue weighted by Crippen LogP contribution is 2.21. The summed E-state index contributed by atoms with van der Waals surface area (Å²) in [6.07, 6.45) is 0.519. The number of aryl methyl sites for hydroxylation is 1. The molecular weight excluding hydrogens is 256 g/mol. The quantitative estimate of drug-likeness (QED) is 0.560. The molecule has 1 aromatic carbocycles. The Morgan fingerprint density at radius 1 is 1.39 bits per heavy atom. The van der Waals surface area contributed by atoms with Crippen LogP contribution in [0.1, 0.15) is 12.0 Å². The van der Waals surface area contributed by atoms with Gasteiger partial charge in [-0.1, -0.05) is 0 Å². The van der Waals surface area contributed by atoms with Gasteiger partial charge in [-0.25, -0.2) is 19.0 Å². The van der Waals surface area contributed by atoms with Crippen LogP contribution in [0.3, 0.4) is 0 Å². The Morgan fingerprint density at radius 2 is 2.11 bits per heavy atom. The van der Waals surface area contributed by atoms with Crippen molar-refractivity contribution in [3.05, 3.63) is 23.8 Å². The number of methoxy groups -OCH3 is 1. The molecule has 6 nitrogen and oxygen atoms in total. The second kappa shape index (κ2) is 6.69. The van der Waals surface area contributed by atoms with E-state index in [0.29, 0.717) is 18.8 Å². The average molecular weight is 274 g/mol. The van der Waals surface area contributed by atoms with E-state index in [0.717, 1.165) is 5.56 Å². The van der Waals surface area contributed by atoms with Gasteiger partial charge in [0.05, 0.1) is 18.6 Å². The molecule has 0 saturated carbocycles. The molecule has 3 N–H and O–H groups in total. The van der Waals surface area contributed by atoms with E-state index in [1.807, 2.05) is 0 Å². The Morgan fingerprint density at radius 3 is 2.67 bits per heavy atom. The van der Waals surface area contributed by atoms with E-state index in [-0.39, 0.29) is 11.4 Å². The number of hydrogen-bond donors (Lipinski definition) is 2. The van der Waals surface area contributed by atoms with Gasteiger partial charge in [0.1, 0.15) is 5.75 Å². The molecule has 0 unspecified atom stereocenters. The number of rotatable bonds is 7. The van der Waals surface area contributed by atoms with Gasteiger partial charge in [0.15, 0.2) is 0 Å². The molecule has 0 aromatic heterocycles. The van der Waals surface area contributed by atoms with Crippen molar-refractivity contribution in [2.24, 2.45) is 5.90 Å². The van der Waals surface area contributed by atoms with Crippen molar-refractivity contribution in [3.63, 3.8) is 0 Å². The van der Waals surface area contributed by atoms with E-state index in [4.69, 9.17) is 10.6 Å². The van der Waals surface area contributed by atoms with Crippen LogP contribution < -0.4 is 15.4 Å². The Hall–Kier alpha value is -1.15. The van der Waals surface area contributed by atoms with Gasteiger partial charge in [0, 0.05) is 6.54 Å². The average Bonchev–Trinajstić information content (AvgIpc) is 2.34. The monoisotopic (exact) mass is 274 g/mol. The third-order valence-corrected chi connectivity index (χ3v) is 3.87. The van der Waals surface area contributed by atoms with Gasteiger partial charge in [-0.05, 0) is 37.1 Å². The van der Waals surface area contributed by atoms with Crippen LogP contribution in [0.25, 0.3) is 0 Å². The maximum atomic E-state index is 11.9. The first-order valence-corrected chi connectivity index (χ1v) is 6.95. The summed E-state index contributed by atoms with van der Waals surface area (Å²) in [6.45, 7) is 2.38. The van der Waals surface area contributed by atoms with Crippen molar-refractivity contribution in [3.8, 4) is 5.75 Å². The van der Waals surface area contributed by atoms with Crippen LogP contribution in [-0.2, 0) is 14.9 Å².